The Balaban J connectivity index is 1.66. The summed E-state index contributed by atoms with van der Waals surface area (Å²) in [5, 5.41) is 3.00. The number of carbonyl (C=O) groups is 2. The lowest BCUT2D eigenvalue weighted by Crippen LogP contribution is -2.43. The number of likely N-dealkylation sites (N-methyl/N-ethyl adjacent to an activating group) is 1. The van der Waals surface area contributed by atoms with Crippen molar-refractivity contribution in [1.82, 2.24) is 9.80 Å². The Labute approximate surface area is 231 Å². The highest BCUT2D eigenvalue weighted by atomic mass is 16.6. The Morgan fingerprint density at radius 1 is 0.872 bits per heavy atom. The largest absolute Gasteiger partial charge is 0.493 e. The number of piperazine rings is 1. The minimum atomic E-state index is -0.670. The molecule has 1 aliphatic rings. The number of rotatable bonds is 8. The monoisotopic (exact) mass is 529 g/mol. The summed E-state index contributed by atoms with van der Waals surface area (Å²) in [4.78, 5) is 31.6. The van der Waals surface area contributed by atoms with E-state index in [1.807, 2.05) is 88.4 Å². The van der Waals surface area contributed by atoms with E-state index in [0.717, 1.165) is 49.4 Å². The van der Waals surface area contributed by atoms with Crippen molar-refractivity contribution < 1.29 is 19.1 Å². The van der Waals surface area contributed by atoms with Gasteiger partial charge in [-0.25, -0.2) is 4.79 Å². The molecule has 4 rings (SSSR count). The number of anilines is 1. The molecule has 1 N–H and O–H groups in total. The Morgan fingerprint density at radius 3 is 2.26 bits per heavy atom. The van der Waals surface area contributed by atoms with Gasteiger partial charge in [-0.05, 0) is 75.7 Å². The van der Waals surface area contributed by atoms with Gasteiger partial charge >= 0.3 is 5.97 Å². The van der Waals surface area contributed by atoms with E-state index in [9.17, 15) is 9.59 Å². The second kappa shape index (κ2) is 12.5. The molecule has 0 atom stereocenters. The van der Waals surface area contributed by atoms with Gasteiger partial charge in [0, 0.05) is 32.7 Å². The normalized spacial score (nSPS) is 14.6. The van der Waals surface area contributed by atoms with Gasteiger partial charge in [0.2, 0.25) is 0 Å². The summed E-state index contributed by atoms with van der Waals surface area (Å²) in [7, 11) is 2.13. The molecule has 1 amide bonds. The van der Waals surface area contributed by atoms with Crippen LogP contribution in [0.1, 0.15) is 54.0 Å². The number of ether oxygens (including phenoxy) is 2. The highest BCUT2D eigenvalue weighted by Crippen LogP contribution is 2.29. The van der Waals surface area contributed by atoms with Crippen LogP contribution in [0.25, 0.3) is 11.1 Å². The number of hydrogen-bond donors (Lipinski definition) is 1. The first-order valence-corrected chi connectivity index (χ1v) is 13.5. The lowest BCUT2D eigenvalue weighted by Gasteiger charge is -2.32. The minimum Gasteiger partial charge on any atom is -0.493 e. The molecule has 1 heterocycles. The maximum Gasteiger partial charge on any atom is 0.340 e. The zero-order valence-corrected chi connectivity index (χ0v) is 23.6. The van der Waals surface area contributed by atoms with Crippen molar-refractivity contribution in [2.75, 3.05) is 45.2 Å². The van der Waals surface area contributed by atoms with Crippen molar-refractivity contribution in [3.05, 3.63) is 83.4 Å². The second-order valence-electron chi connectivity index (χ2n) is 10.9. The molecule has 7 nitrogen and oxygen atoms in total. The van der Waals surface area contributed by atoms with E-state index in [1.165, 1.54) is 0 Å². The number of esters is 1. The van der Waals surface area contributed by atoms with E-state index in [0.29, 0.717) is 29.2 Å². The standard InChI is InChI=1S/C32H39N3O4/c1-6-38-29-15-12-23(22-35-18-16-34(5)17-19-35)20-27(29)30(36)33-28-21-25(24-10-8-7-9-11-24)13-14-26(28)31(37)39-32(2,3)4/h7-15,20-21H,6,16-19,22H2,1-5H3,(H,33,36). The first-order chi connectivity index (χ1) is 18.6. The van der Waals surface area contributed by atoms with Gasteiger partial charge < -0.3 is 19.7 Å². The van der Waals surface area contributed by atoms with Crippen molar-refractivity contribution in [3.63, 3.8) is 0 Å². The number of carbonyl (C=O) groups excluding carboxylic acids is 2. The predicted octanol–water partition coefficient (Wildman–Crippen LogP) is 5.71. The van der Waals surface area contributed by atoms with Crippen LogP contribution in [0.2, 0.25) is 0 Å². The van der Waals surface area contributed by atoms with Gasteiger partial charge in [0.05, 0.1) is 23.4 Å². The van der Waals surface area contributed by atoms with E-state index in [-0.39, 0.29) is 5.91 Å². The van der Waals surface area contributed by atoms with E-state index in [4.69, 9.17) is 9.47 Å². The van der Waals surface area contributed by atoms with Crippen molar-refractivity contribution >= 4 is 17.6 Å². The molecule has 0 aromatic heterocycles. The fraction of sp³-hybridized carbons (Fsp3) is 0.375. The zero-order chi connectivity index (χ0) is 28.0. The first-order valence-electron chi connectivity index (χ1n) is 13.5. The van der Waals surface area contributed by atoms with Crippen molar-refractivity contribution in [1.29, 1.82) is 0 Å². The maximum atomic E-state index is 13.7. The summed E-state index contributed by atoms with van der Waals surface area (Å²) >= 11 is 0. The Hall–Kier alpha value is -3.68. The fourth-order valence-corrected chi connectivity index (χ4v) is 4.56. The highest BCUT2D eigenvalue weighted by Gasteiger charge is 2.23. The van der Waals surface area contributed by atoms with Crippen molar-refractivity contribution in [3.8, 4) is 16.9 Å². The summed E-state index contributed by atoms with van der Waals surface area (Å²) in [6, 6.07) is 21.0. The molecule has 0 unspecified atom stereocenters. The van der Waals surface area contributed by atoms with E-state index >= 15 is 0 Å². The van der Waals surface area contributed by atoms with Crippen LogP contribution in [0.5, 0.6) is 5.75 Å². The molecule has 1 aliphatic heterocycles. The van der Waals surface area contributed by atoms with Crippen molar-refractivity contribution in [2.24, 2.45) is 0 Å². The molecule has 39 heavy (non-hydrogen) atoms. The maximum absolute atomic E-state index is 13.7. The van der Waals surface area contributed by atoms with Crippen LogP contribution in [0.3, 0.4) is 0 Å². The van der Waals surface area contributed by atoms with E-state index < -0.39 is 11.6 Å². The molecule has 1 fully saturated rings. The van der Waals surface area contributed by atoms with Gasteiger partial charge in [-0.3, -0.25) is 9.69 Å². The summed E-state index contributed by atoms with van der Waals surface area (Å²) < 4.78 is 11.5. The molecule has 1 saturated heterocycles. The molecule has 0 aliphatic carbocycles. The van der Waals surface area contributed by atoms with Gasteiger partial charge in [0.1, 0.15) is 11.4 Å². The zero-order valence-electron chi connectivity index (χ0n) is 23.6. The summed E-state index contributed by atoms with van der Waals surface area (Å²) in [6.07, 6.45) is 0. The second-order valence-corrected chi connectivity index (χ2v) is 10.9. The number of amides is 1. The van der Waals surface area contributed by atoms with Crippen LogP contribution >= 0.6 is 0 Å². The molecule has 206 valence electrons. The molecule has 0 bridgehead atoms. The Bertz CT molecular complexity index is 1290. The number of hydrogen-bond acceptors (Lipinski definition) is 6. The quantitative estimate of drug-likeness (QED) is 0.377. The Morgan fingerprint density at radius 2 is 1.59 bits per heavy atom. The molecule has 0 radical (unpaired) electrons. The summed E-state index contributed by atoms with van der Waals surface area (Å²) in [6.45, 7) is 12.6. The fourth-order valence-electron chi connectivity index (χ4n) is 4.56. The van der Waals surface area contributed by atoms with Crippen LogP contribution in [-0.4, -0.2) is 67.1 Å². The average molecular weight is 530 g/mol. The van der Waals surface area contributed by atoms with Gasteiger partial charge in [-0.15, -0.1) is 0 Å². The number of benzene rings is 3. The van der Waals surface area contributed by atoms with Gasteiger partial charge in [-0.1, -0.05) is 42.5 Å². The first kappa shape index (κ1) is 28.3. The van der Waals surface area contributed by atoms with Crippen LogP contribution in [-0.2, 0) is 11.3 Å². The number of nitrogens with zero attached hydrogens (tertiary/aromatic N) is 2. The average Bonchev–Trinajstić information content (AvgIpc) is 2.90. The van der Waals surface area contributed by atoms with Crippen LogP contribution in [0, 0.1) is 0 Å². The van der Waals surface area contributed by atoms with Gasteiger partial charge in [0.15, 0.2) is 0 Å². The SMILES string of the molecule is CCOc1ccc(CN2CCN(C)CC2)cc1C(=O)Nc1cc(-c2ccccc2)ccc1C(=O)OC(C)(C)C. The minimum absolute atomic E-state index is 0.296. The molecule has 3 aromatic rings. The molecular weight excluding hydrogens is 490 g/mol. The van der Waals surface area contributed by atoms with Gasteiger partial charge in [-0.2, -0.15) is 0 Å². The third-order valence-electron chi connectivity index (χ3n) is 6.58. The third kappa shape index (κ3) is 7.68. The molecule has 3 aromatic carbocycles. The molecule has 7 heteroatoms. The third-order valence-corrected chi connectivity index (χ3v) is 6.58. The molecule has 0 saturated carbocycles. The predicted molar refractivity (Wildman–Crippen MR) is 155 cm³/mol. The Kier molecular flexibility index (Phi) is 9.04. The van der Waals surface area contributed by atoms with Crippen molar-refractivity contribution in [2.45, 2.75) is 39.8 Å². The topological polar surface area (TPSA) is 71.1 Å². The summed E-state index contributed by atoms with van der Waals surface area (Å²) in [5.41, 5.74) is 3.35. The molecule has 0 spiro atoms. The lowest BCUT2D eigenvalue weighted by atomic mass is 10.0. The van der Waals surface area contributed by atoms with Gasteiger partial charge in [0.25, 0.3) is 5.91 Å². The van der Waals surface area contributed by atoms with E-state index in [2.05, 4.69) is 22.2 Å². The highest BCUT2D eigenvalue weighted by molar-refractivity contribution is 6.10. The lowest BCUT2D eigenvalue weighted by molar-refractivity contribution is 0.00707. The van der Waals surface area contributed by atoms with Crippen LogP contribution in [0.15, 0.2) is 66.7 Å². The molecular formula is C32H39N3O4. The van der Waals surface area contributed by atoms with Crippen LogP contribution in [0.4, 0.5) is 5.69 Å². The van der Waals surface area contributed by atoms with Crippen LogP contribution < -0.4 is 10.1 Å². The summed E-state index contributed by atoms with van der Waals surface area (Å²) in [5.74, 6) is -0.324. The van der Waals surface area contributed by atoms with E-state index in [1.54, 1.807) is 6.07 Å². The smallest absolute Gasteiger partial charge is 0.340 e. The number of nitrogens with one attached hydrogen (secondary N) is 1.